The van der Waals surface area contributed by atoms with Crippen LogP contribution < -0.4 is 5.73 Å². The molecule has 2 rings (SSSR count). The molecule has 0 bridgehead atoms. The molecule has 0 aliphatic carbocycles. The van der Waals surface area contributed by atoms with Crippen LogP contribution in [0.1, 0.15) is 34.6 Å². The first-order chi connectivity index (χ1) is 9.04. The number of hydrogen-bond acceptors (Lipinski definition) is 4. The van der Waals surface area contributed by atoms with Crippen LogP contribution in [0, 0.1) is 13.8 Å². The Morgan fingerprint density at radius 1 is 1.53 bits per heavy atom. The number of nitrogens with two attached hydrogens (primary N) is 1. The third-order valence-electron chi connectivity index (χ3n) is 3.43. The molecule has 1 aliphatic heterocycles. The molecule has 1 unspecified atom stereocenters. The smallest absolute Gasteiger partial charge is 0.256 e. The molecule has 1 amide bonds. The van der Waals surface area contributed by atoms with Crippen molar-refractivity contribution in [2.45, 2.75) is 32.7 Å². The molecule has 0 radical (unpaired) electrons. The van der Waals surface area contributed by atoms with Gasteiger partial charge in [-0.1, -0.05) is 5.16 Å². The van der Waals surface area contributed by atoms with Crippen molar-refractivity contribution in [1.29, 1.82) is 0 Å². The van der Waals surface area contributed by atoms with E-state index in [4.69, 9.17) is 10.9 Å². The van der Waals surface area contributed by atoms with Gasteiger partial charge in [0.15, 0.2) is 5.84 Å². The highest BCUT2D eigenvalue weighted by Crippen LogP contribution is 2.21. The van der Waals surface area contributed by atoms with Gasteiger partial charge in [-0.25, -0.2) is 0 Å². The van der Waals surface area contributed by atoms with Crippen LogP contribution in [0.2, 0.25) is 0 Å². The van der Waals surface area contributed by atoms with Crippen LogP contribution in [-0.4, -0.2) is 39.4 Å². The summed E-state index contributed by atoms with van der Waals surface area (Å²) in [4.78, 5) is 18.4. The average Bonchev–Trinajstić information content (AvgIpc) is 2.86. The van der Waals surface area contributed by atoms with Crippen LogP contribution in [0.25, 0.3) is 0 Å². The average molecular weight is 262 g/mol. The second kappa shape index (κ2) is 5.26. The van der Waals surface area contributed by atoms with E-state index < -0.39 is 0 Å². The highest BCUT2D eigenvalue weighted by molar-refractivity contribution is 5.99. The van der Waals surface area contributed by atoms with E-state index >= 15 is 0 Å². The van der Waals surface area contributed by atoms with Gasteiger partial charge in [0, 0.05) is 12.2 Å². The van der Waals surface area contributed by atoms with Crippen LogP contribution in [0.15, 0.2) is 17.3 Å². The zero-order valence-corrected chi connectivity index (χ0v) is 11.1. The van der Waals surface area contributed by atoms with Crippen LogP contribution in [-0.2, 0) is 0 Å². The monoisotopic (exact) mass is 262 g/mol. The summed E-state index contributed by atoms with van der Waals surface area (Å²) in [6.07, 6.45) is 1.57. The fourth-order valence-corrected chi connectivity index (χ4v) is 2.45. The molecule has 1 aromatic heterocycles. The number of carbonyl (C=O) groups excluding carboxylic acids is 1. The first-order valence-electron chi connectivity index (χ1n) is 6.27. The minimum absolute atomic E-state index is 0.0866. The summed E-state index contributed by atoms with van der Waals surface area (Å²) in [5.41, 5.74) is 7.79. The van der Waals surface area contributed by atoms with Crippen molar-refractivity contribution in [3.05, 3.63) is 29.1 Å². The number of aryl methyl sites for hydroxylation is 2. The molecular weight excluding hydrogens is 244 g/mol. The highest BCUT2D eigenvalue weighted by atomic mass is 16.4. The predicted molar refractivity (Wildman–Crippen MR) is 71.2 cm³/mol. The van der Waals surface area contributed by atoms with Crippen molar-refractivity contribution < 1.29 is 10.0 Å². The molecule has 3 N–H and O–H groups in total. The Morgan fingerprint density at radius 3 is 2.89 bits per heavy atom. The SMILES string of the molecule is Cc1ccc(C(=O)N2CCCC2C(N)=NO)c(C)n1. The summed E-state index contributed by atoms with van der Waals surface area (Å²) in [5, 5.41) is 11.8. The maximum atomic E-state index is 12.5. The molecular formula is C13H18N4O2. The van der Waals surface area contributed by atoms with E-state index in [1.54, 1.807) is 11.0 Å². The second-order valence-corrected chi connectivity index (χ2v) is 4.77. The molecule has 0 saturated carbocycles. The van der Waals surface area contributed by atoms with Gasteiger partial charge >= 0.3 is 0 Å². The summed E-state index contributed by atoms with van der Waals surface area (Å²) in [5.74, 6) is -0.0253. The molecule has 1 aliphatic rings. The van der Waals surface area contributed by atoms with Gasteiger partial charge in [0.2, 0.25) is 0 Å². The van der Waals surface area contributed by atoms with Crippen molar-refractivity contribution in [3.63, 3.8) is 0 Å². The summed E-state index contributed by atoms with van der Waals surface area (Å²) in [6.45, 7) is 4.32. The van der Waals surface area contributed by atoms with Gasteiger partial charge in [0.05, 0.1) is 17.3 Å². The summed E-state index contributed by atoms with van der Waals surface area (Å²) in [6, 6.07) is 3.27. The molecule has 6 heteroatoms. The molecule has 2 heterocycles. The van der Waals surface area contributed by atoms with E-state index in [9.17, 15) is 4.79 Å². The Labute approximate surface area is 111 Å². The minimum atomic E-state index is -0.321. The van der Waals surface area contributed by atoms with Gasteiger partial charge in [-0.2, -0.15) is 0 Å². The first kappa shape index (κ1) is 13.3. The number of amides is 1. The third-order valence-corrected chi connectivity index (χ3v) is 3.43. The molecule has 1 atom stereocenters. The van der Waals surface area contributed by atoms with Gasteiger partial charge in [0.1, 0.15) is 0 Å². The number of carbonyl (C=O) groups is 1. The molecule has 1 saturated heterocycles. The topological polar surface area (TPSA) is 91.8 Å². The van der Waals surface area contributed by atoms with Crippen LogP contribution >= 0.6 is 0 Å². The van der Waals surface area contributed by atoms with Crippen LogP contribution in [0.5, 0.6) is 0 Å². The van der Waals surface area contributed by atoms with E-state index in [0.29, 0.717) is 17.8 Å². The van der Waals surface area contributed by atoms with Crippen molar-refractivity contribution in [3.8, 4) is 0 Å². The van der Waals surface area contributed by atoms with Crippen LogP contribution in [0.3, 0.4) is 0 Å². The fraction of sp³-hybridized carbons (Fsp3) is 0.462. The van der Waals surface area contributed by atoms with Gasteiger partial charge in [0.25, 0.3) is 5.91 Å². The molecule has 1 aromatic rings. The Bertz CT molecular complexity index is 527. The predicted octanol–water partition coefficient (Wildman–Crippen LogP) is 1.05. The lowest BCUT2D eigenvalue weighted by atomic mass is 10.1. The van der Waals surface area contributed by atoms with Crippen molar-refractivity contribution in [1.82, 2.24) is 9.88 Å². The minimum Gasteiger partial charge on any atom is -0.409 e. The van der Waals surface area contributed by atoms with Gasteiger partial charge in [-0.3, -0.25) is 9.78 Å². The standard InChI is InChI=1S/C13H18N4O2/c1-8-5-6-10(9(2)15-8)13(18)17-7-3-4-11(17)12(14)16-19/h5-6,11,19H,3-4,7H2,1-2H3,(H2,14,16). The van der Waals surface area contributed by atoms with E-state index in [0.717, 1.165) is 18.5 Å². The number of likely N-dealkylation sites (tertiary alicyclic amines) is 1. The maximum absolute atomic E-state index is 12.5. The lowest BCUT2D eigenvalue weighted by Crippen LogP contribution is -2.44. The number of pyridine rings is 1. The number of rotatable bonds is 2. The number of hydrogen-bond donors (Lipinski definition) is 2. The molecule has 19 heavy (non-hydrogen) atoms. The fourth-order valence-electron chi connectivity index (χ4n) is 2.45. The Balaban J connectivity index is 2.28. The zero-order valence-electron chi connectivity index (χ0n) is 11.1. The van der Waals surface area contributed by atoms with Crippen molar-refractivity contribution in [2.75, 3.05) is 6.54 Å². The van der Waals surface area contributed by atoms with E-state index in [2.05, 4.69) is 10.1 Å². The molecule has 6 nitrogen and oxygen atoms in total. The Kier molecular flexibility index (Phi) is 3.69. The van der Waals surface area contributed by atoms with Crippen molar-refractivity contribution >= 4 is 11.7 Å². The van der Waals surface area contributed by atoms with E-state index in [-0.39, 0.29) is 17.8 Å². The lowest BCUT2D eigenvalue weighted by molar-refractivity contribution is 0.0766. The van der Waals surface area contributed by atoms with Gasteiger partial charge in [-0.05, 0) is 38.8 Å². The Morgan fingerprint density at radius 2 is 2.26 bits per heavy atom. The molecule has 0 aromatic carbocycles. The second-order valence-electron chi connectivity index (χ2n) is 4.77. The quantitative estimate of drug-likeness (QED) is 0.360. The molecule has 102 valence electrons. The van der Waals surface area contributed by atoms with Crippen LogP contribution in [0.4, 0.5) is 0 Å². The summed E-state index contributed by atoms with van der Waals surface area (Å²) < 4.78 is 0. The van der Waals surface area contributed by atoms with E-state index in [1.807, 2.05) is 19.9 Å². The normalized spacial score (nSPS) is 19.8. The van der Waals surface area contributed by atoms with Crippen molar-refractivity contribution in [2.24, 2.45) is 10.9 Å². The molecule has 0 spiro atoms. The number of amidine groups is 1. The van der Waals surface area contributed by atoms with Gasteiger partial charge in [-0.15, -0.1) is 0 Å². The largest absolute Gasteiger partial charge is 0.409 e. The van der Waals surface area contributed by atoms with Gasteiger partial charge < -0.3 is 15.8 Å². The summed E-state index contributed by atoms with van der Waals surface area (Å²) >= 11 is 0. The molecule has 1 fully saturated rings. The number of nitrogens with zero attached hydrogens (tertiary/aromatic N) is 3. The maximum Gasteiger partial charge on any atom is 0.256 e. The highest BCUT2D eigenvalue weighted by Gasteiger charge is 2.33. The first-order valence-corrected chi connectivity index (χ1v) is 6.27. The zero-order chi connectivity index (χ0) is 14.0. The third kappa shape index (κ3) is 2.52. The van der Waals surface area contributed by atoms with E-state index in [1.165, 1.54) is 0 Å². The number of oxime groups is 1. The number of aromatic nitrogens is 1. The summed E-state index contributed by atoms with van der Waals surface area (Å²) in [7, 11) is 0. The Hall–Kier alpha value is -2.11. The lowest BCUT2D eigenvalue weighted by Gasteiger charge is -2.24.